The molecule has 0 saturated carbocycles. The first kappa shape index (κ1) is 33.3. The summed E-state index contributed by atoms with van der Waals surface area (Å²) in [7, 11) is 1.99. The average Bonchev–Trinajstić information content (AvgIpc) is 3.04. The van der Waals surface area contributed by atoms with Gasteiger partial charge in [0.15, 0.2) is 6.29 Å². The molecule has 236 valence electrons. The van der Waals surface area contributed by atoms with Gasteiger partial charge in [0.2, 0.25) is 5.91 Å². The van der Waals surface area contributed by atoms with Gasteiger partial charge in [-0.05, 0) is 42.6 Å². The van der Waals surface area contributed by atoms with Crippen molar-refractivity contribution < 1.29 is 34.4 Å². The van der Waals surface area contributed by atoms with Crippen LogP contribution in [0.1, 0.15) is 79.4 Å². The molecule has 4 N–H and O–H groups in total. The topological polar surface area (TPSA) is 129 Å². The van der Waals surface area contributed by atoms with E-state index in [1.54, 1.807) is 0 Å². The summed E-state index contributed by atoms with van der Waals surface area (Å²) in [5.74, 6) is -1.10. The molecule has 4 rings (SSSR count). The van der Waals surface area contributed by atoms with Crippen LogP contribution in [0.2, 0.25) is 0 Å². The average molecular weight is 605 g/mol. The second-order valence-corrected chi connectivity index (χ2v) is 11.6. The summed E-state index contributed by atoms with van der Waals surface area (Å²) in [5.41, 5.74) is 4.44. The quantitative estimate of drug-likeness (QED) is 0.205. The van der Waals surface area contributed by atoms with E-state index in [0.717, 1.165) is 27.8 Å². The third-order valence-corrected chi connectivity index (χ3v) is 8.42. The molecule has 0 aromatic heterocycles. The van der Waals surface area contributed by atoms with Crippen molar-refractivity contribution in [2.45, 2.75) is 76.9 Å². The number of likely N-dealkylation sites (N-methyl/N-ethyl adjacent to an activating group) is 1. The number of hydrogen-bond acceptors (Lipinski definition) is 7. The molecule has 1 heterocycles. The van der Waals surface area contributed by atoms with Crippen molar-refractivity contribution >= 4 is 11.9 Å². The molecule has 1 aliphatic rings. The fourth-order valence-corrected chi connectivity index (χ4v) is 5.43. The van der Waals surface area contributed by atoms with Gasteiger partial charge in [0.1, 0.15) is 0 Å². The Morgan fingerprint density at radius 1 is 0.909 bits per heavy atom. The molecule has 0 spiro atoms. The molecule has 3 aromatic carbocycles. The predicted octanol–water partition coefficient (Wildman–Crippen LogP) is 4.90. The second-order valence-electron chi connectivity index (χ2n) is 11.6. The van der Waals surface area contributed by atoms with Gasteiger partial charge in [-0.15, -0.1) is 0 Å². The van der Waals surface area contributed by atoms with Gasteiger partial charge in [-0.1, -0.05) is 85.8 Å². The van der Waals surface area contributed by atoms with Crippen molar-refractivity contribution in [1.29, 1.82) is 0 Å². The van der Waals surface area contributed by atoms with Crippen LogP contribution in [-0.2, 0) is 32.2 Å². The number of carboxylic acids is 1. The molecule has 9 nitrogen and oxygen atoms in total. The number of carbonyl (C=O) groups is 2. The molecule has 0 aliphatic carbocycles. The lowest BCUT2D eigenvalue weighted by atomic mass is 9.89. The second kappa shape index (κ2) is 15.9. The van der Waals surface area contributed by atoms with Gasteiger partial charge in [0.25, 0.3) is 0 Å². The smallest absolute Gasteiger partial charge is 0.303 e. The van der Waals surface area contributed by atoms with E-state index in [1.807, 2.05) is 92.8 Å². The molecule has 1 aliphatic heterocycles. The van der Waals surface area contributed by atoms with Crippen molar-refractivity contribution in [3.05, 3.63) is 107 Å². The number of nitrogens with one attached hydrogen (secondary N) is 1. The van der Waals surface area contributed by atoms with Crippen LogP contribution in [0.3, 0.4) is 0 Å². The lowest BCUT2D eigenvalue weighted by molar-refractivity contribution is -0.276. The monoisotopic (exact) mass is 604 g/mol. The maximum absolute atomic E-state index is 12.1. The van der Waals surface area contributed by atoms with Crippen LogP contribution in [-0.4, -0.2) is 57.8 Å². The maximum Gasteiger partial charge on any atom is 0.303 e. The van der Waals surface area contributed by atoms with Gasteiger partial charge in [-0.2, -0.15) is 0 Å². The zero-order valence-corrected chi connectivity index (χ0v) is 25.6. The van der Waals surface area contributed by atoms with E-state index < -0.39 is 18.4 Å². The Kier molecular flexibility index (Phi) is 12.1. The van der Waals surface area contributed by atoms with Crippen LogP contribution in [0.25, 0.3) is 0 Å². The van der Waals surface area contributed by atoms with Crippen LogP contribution in [0.15, 0.2) is 78.9 Å². The summed E-state index contributed by atoms with van der Waals surface area (Å²) in [6.07, 6.45) is -1.32. The highest BCUT2D eigenvalue weighted by Gasteiger charge is 2.39. The van der Waals surface area contributed by atoms with Crippen LogP contribution in [0.4, 0.5) is 0 Å². The largest absolute Gasteiger partial charge is 0.481 e. The number of benzene rings is 3. The third-order valence-electron chi connectivity index (χ3n) is 8.42. The van der Waals surface area contributed by atoms with Crippen molar-refractivity contribution in [3.63, 3.8) is 0 Å². The van der Waals surface area contributed by atoms with E-state index in [0.29, 0.717) is 19.5 Å². The first-order chi connectivity index (χ1) is 21.2. The van der Waals surface area contributed by atoms with E-state index in [4.69, 9.17) is 14.6 Å². The van der Waals surface area contributed by atoms with E-state index in [1.165, 1.54) is 0 Å². The molecule has 0 unspecified atom stereocenters. The highest BCUT2D eigenvalue weighted by atomic mass is 16.7. The Balaban J connectivity index is 1.47. The fourth-order valence-electron chi connectivity index (χ4n) is 5.43. The Hall–Kier alpha value is -3.60. The van der Waals surface area contributed by atoms with E-state index in [9.17, 15) is 19.8 Å². The minimum absolute atomic E-state index is 0.00893. The Morgan fingerprint density at radius 3 is 2.18 bits per heavy atom. The first-order valence-electron chi connectivity index (χ1n) is 15.2. The summed E-state index contributed by atoms with van der Waals surface area (Å²) >= 11 is 0. The number of amides is 1. The molecule has 1 fully saturated rings. The van der Waals surface area contributed by atoms with E-state index in [2.05, 4.69) is 17.1 Å². The zero-order chi connectivity index (χ0) is 31.6. The van der Waals surface area contributed by atoms with E-state index >= 15 is 0 Å². The molecule has 0 radical (unpaired) electrons. The SMILES string of the molecule is C[C@@H]1[C@H](CN(C)[C@H](C)[C@@H](O)c2ccccc2)O[C@H](c2ccc(CNC(=O)CCCC(=O)O)cc2)O[C@@H]1c1ccc(CO)cc1. The van der Waals surface area contributed by atoms with Crippen molar-refractivity contribution in [2.24, 2.45) is 5.92 Å². The number of aliphatic hydroxyl groups is 2. The number of nitrogens with zero attached hydrogens (tertiary/aromatic N) is 1. The number of aliphatic hydroxyl groups excluding tert-OH is 2. The lowest BCUT2D eigenvalue weighted by Gasteiger charge is -2.43. The number of ether oxygens (including phenoxy) is 2. The maximum atomic E-state index is 12.1. The van der Waals surface area contributed by atoms with Crippen LogP contribution >= 0.6 is 0 Å². The predicted molar refractivity (Wildman–Crippen MR) is 166 cm³/mol. The zero-order valence-electron chi connectivity index (χ0n) is 25.6. The lowest BCUT2D eigenvalue weighted by Crippen LogP contribution is -2.46. The number of carboxylic acid groups (broad SMARTS) is 1. The van der Waals surface area contributed by atoms with Crippen molar-refractivity contribution in [3.8, 4) is 0 Å². The van der Waals surface area contributed by atoms with Crippen LogP contribution in [0, 0.1) is 5.92 Å². The highest BCUT2D eigenvalue weighted by molar-refractivity contribution is 5.76. The third kappa shape index (κ3) is 8.97. The summed E-state index contributed by atoms with van der Waals surface area (Å²) < 4.78 is 13.2. The molecule has 1 saturated heterocycles. The molecule has 44 heavy (non-hydrogen) atoms. The van der Waals surface area contributed by atoms with Crippen molar-refractivity contribution in [1.82, 2.24) is 10.2 Å². The highest BCUT2D eigenvalue weighted by Crippen LogP contribution is 2.42. The molecular formula is C35H44N2O7. The molecule has 0 bridgehead atoms. The number of rotatable bonds is 14. The number of hydrogen-bond donors (Lipinski definition) is 4. The molecule has 9 heteroatoms. The molecule has 3 aromatic rings. The Morgan fingerprint density at radius 2 is 1.55 bits per heavy atom. The first-order valence-corrected chi connectivity index (χ1v) is 15.2. The summed E-state index contributed by atoms with van der Waals surface area (Å²) in [5, 5.41) is 32.2. The molecule has 1 amide bonds. The fraction of sp³-hybridized carbons (Fsp3) is 0.429. The van der Waals surface area contributed by atoms with Gasteiger partial charge >= 0.3 is 5.97 Å². The minimum Gasteiger partial charge on any atom is -0.481 e. The van der Waals surface area contributed by atoms with Crippen molar-refractivity contribution in [2.75, 3.05) is 13.6 Å². The van der Waals surface area contributed by atoms with Gasteiger partial charge in [-0.25, -0.2) is 0 Å². The molecular weight excluding hydrogens is 560 g/mol. The van der Waals surface area contributed by atoms with Gasteiger partial charge in [-0.3, -0.25) is 14.5 Å². The van der Waals surface area contributed by atoms with E-state index in [-0.39, 0.29) is 49.5 Å². The van der Waals surface area contributed by atoms with Gasteiger partial charge in [0.05, 0.1) is 24.9 Å². The summed E-state index contributed by atoms with van der Waals surface area (Å²) in [6.45, 7) is 5.00. The summed E-state index contributed by atoms with van der Waals surface area (Å²) in [4.78, 5) is 24.9. The van der Waals surface area contributed by atoms with Crippen LogP contribution < -0.4 is 5.32 Å². The minimum atomic E-state index is -0.910. The summed E-state index contributed by atoms with van der Waals surface area (Å²) in [6, 6.07) is 25.0. The standard InChI is InChI=1S/C35H44N2O7/c1-23-30(21-37(3)24(2)33(42)27-8-5-4-6-9-27)43-35(44-34(23)28-16-14-26(22-38)15-17-28)29-18-12-25(13-19-29)20-36-31(39)10-7-11-32(40)41/h4-6,8-9,12-19,23-24,30,33-35,38,42H,7,10-11,20-22H2,1-3H3,(H,36,39)(H,40,41)/t23-,24-,30+,33-,34+,35+/m1/s1. The normalized spacial score (nSPS) is 21.5. The Bertz CT molecular complexity index is 1330. The Labute approximate surface area is 259 Å². The molecule has 6 atom stereocenters. The number of carbonyl (C=O) groups excluding carboxylic acids is 1. The van der Waals surface area contributed by atoms with Gasteiger partial charge < -0.3 is 30.1 Å². The van der Waals surface area contributed by atoms with Crippen LogP contribution in [0.5, 0.6) is 0 Å². The number of aliphatic carboxylic acids is 1. The van der Waals surface area contributed by atoms with Gasteiger partial charge in [0, 0.05) is 43.5 Å².